The second kappa shape index (κ2) is 20.6. The molecule has 18 nitrogen and oxygen atoms in total. The van der Waals surface area contributed by atoms with E-state index in [0.29, 0.717) is 43.7 Å². The Morgan fingerprint density at radius 2 is 0.966 bits per heavy atom. The minimum atomic E-state index is -8.10. The maximum absolute atomic E-state index is 15.6. The summed E-state index contributed by atoms with van der Waals surface area (Å²) in [6, 6.07) is 41.4. The summed E-state index contributed by atoms with van der Waals surface area (Å²) in [5.74, 6) is -8.35. The monoisotopic (exact) mass is 1290 g/mol. The highest BCUT2D eigenvalue weighted by Crippen LogP contribution is 2.52. The van der Waals surface area contributed by atoms with Gasteiger partial charge >= 0.3 is 56.6 Å². The molecular weight excluding hydrogens is 1260 g/mol. The summed E-state index contributed by atoms with van der Waals surface area (Å²) in [5.41, 5.74) is -5.25. The van der Waals surface area contributed by atoms with Crippen molar-refractivity contribution < 1.29 is 87.6 Å². The first-order valence-corrected chi connectivity index (χ1v) is 30.6. The number of nitriles is 2. The van der Waals surface area contributed by atoms with Gasteiger partial charge in [0.05, 0.1) is 42.5 Å². The third-order valence-electron chi connectivity index (χ3n) is 13.5. The normalized spacial score (nSPS) is 14.6. The number of hydrogen-bond acceptors (Lipinski definition) is 17. The molecule has 10 aromatic rings. The largest absolute Gasteiger partial charge is 0.743 e. The summed E-state index contributed by atoms with van der Waals surface area (Å²) in [6.45, 7) is 1.77. The van der Waals surface area contributed by atoms with Gasteiger partial charge in [-0.25, -0.2) is 26.8 Å². The highest BCUT2D eigenvalue weighted by molar-refractivity contribution is 8.05. The second-order valence-corrected chi connectivity index (χ2v) is 26.1. The van der Waals surface area contributed by atoms with Crippen LogP contribution in [0.3, 0.4) is 0 Å². The van der Waals surface area contributed by atoms with Crippen molar-refractivity contribution in [2.75, 3.05) is 0 Å². The molecule has 6 aromatic carbocycles. The van der Waals surface area contributed by atoms with Crippen molar-refractivity contribution in [2.45, 2.75) is 28.9 Å². The Balaban J connectivity index is 1.18. The average Bonchev–Trinajstić information content (AvgIpc) is 1.59. The molecule has 1 N–H and O–H groups in total. The fraction of sp³-hybridized carbons (Fsp3) is 0.0943. The van der Waals surface area contributed by atoms with Crippen LogP contribution in [0.1, 0.15) is 15.6 Å². The van der Waals surface area contributed by atoms with Crippen LogP contribution in [0, 0.1) is 29.6 Å². The van der Waals surface area contributed by atoms with Crippen molar-refractivity contribution in [3.05, 3.63) is 172 Å². The predicted molar refractivity (Wildman–Crippen MR) is 299 cm³/mol. The number of para-hydroxylation sites is 6. The topological polar surface area (TPSA) is 244 Å². The van der Waals surface area contributed by atoms with E-state index in [-0.39, 0.29) is 82.6 Å². The number of nitrogens with zero attached hydrogens (tertiary/aromatic N) is 6. The molecule has 440 valence electrons. The maximum Gasteiger partial charge on any atom is 0.743 e. The molecule has 87 heavy (non-hydrogen) atoms. The summed E-state index contributed by atoms with van der Waals surface area (Å²) in [5, 5.41) is 8.70. The lowest BCUT2D eigenvalue weighted by molar-refractivity contribution is -0.245. The van der Waals surface area contributed by atoms with Crippen LogP contribution < -0.4 is 37.6 Å². The number of halogens is 9. The minimum Gasteiger partial charge on any atom is -0.503 e. The SMILES string of the molecule is Cc1ccccc1-c1c2/c(=C(\C#N)c3nc4ccccc4s3)n(B3Oc4ccccc4O3)c(-c3ccc(OS(=O)(=O)C(F)(F)C(F)(F)C(F)(F)S(=O)(=O)NS(=O)(=O)C(F)(F)F)cc3)c2/c(=C(\C#N)c2nc3ccccc3s2)n1B1Oc2ccccc2O1. The highest BCUT2D eigenvalue weighted by Gasteiger charge is 2.83. The van der Waals surface area contributed by atoms with Gasteiger partial charge in [-0.05, 0) is 90.8 Å². The molecule has 0 saturated carbocycles. The molecular formula is C53H28B2F9N7O11S5. The lowest BCUT2D eigenvalue weighted by atomic mass is 9.99. The van der Waals surface area contributed by atoms with Crippen LogP contribution in [0.25, 0.3) is 64.9 Å². The quantitative estimate of drug-likeness (QED) is 0.0605. The zero-order valence-electron chi connectivity index (χ0n) is 43.1. The van der Waals surface area contributed by atoms with Crippen LogP contribution in [0.5, 0.6) is 28.7 Å². The first-order chi connectivity index (χ1) is 41.1. The number of thiazole rings is 2. The Kier molecular flexibility index (Phi) is 13.8. The Bertz CT molecular complexity index is 4920. The zero-order chi connectivity index (χ0) is 62.0. The van der Waals surface area contributed by atoms with Gasteiger partial charge in [-0.2, -0.15) is 58.5 Å². The van der Waals surface area contributed by atoms with E-state index in [0.717, 1.165) is 34.8 Å². The molecule has 2 aliphatic heterocycles. The molecule has 0 fully saturated rings. The summed E-state index contributed by atoms with van der Waals surface area (Å²) in [7, 11) is -26.4. The molecule has 34 heteroatoms. The minimum absolute atomic E-state index is 0.0104. The van der Waals surface area contributed by atoms with E-state index in [1.54, 1.807) is 133 Å². The Hall–Kier alpha value is -9.05. The fourth-order valence-electron chi connectivity index (χ4n) is 9.63. The number of aromatic nitrogens is 4. The number of rotatable bonds is 14. The molecule has 0 atom stereocenters. The van der Waals surface area contributed by atoms with Crippen molar-refractivity contribution >= 4 is 110 Å². The van der Waals surface area contributed by atoms with Gasteiger partial charge in [0.2, 0.25) is 0 Å². The number of nitrogens with one attached hydrogen (secondary N) is 1. The van der Waals surface area contributed by atoms with E-state index in [1.807, 2.05) is 0 Å². The zero-order valence-corrected chi connectivity index (χ0v) is 47.2. The lowest BCUT2D eigenvalue weighted by Gasteiger charge is -2.31. The van der Waals surface area contributed by atoms with Crippen molar-refractivity contribution in [1.82, 2.24) is 23.1 Å². The van der Waals surface area contributed by atoms with Crippen molar-refractivity contribution in [2.24, 2.45) is 0 Å². The van der Waals surface area contributed by atoms with Gasteiger partial charge in [0.1, 0.15) is 62.0 Å². The van der Waals surface area contributed by atoms with Gasteiger partial charge in [-0.15, -0.1) is 22.7 Å². The fourth-order valence-corrected chi connectivity index (χ4v) is 15.0. The van der Waals surface area contributed by atoms with E-state index < -0.39 is 76.5 Å². The standard InChI is InChI=1S/C53H28B2F9N7O11S5/c1-28-12-2-3-13-31(28)45-43-42(46(71(45)55-80-38-18-8-9-19-39(38)81-55)32(26-65)48-67-34-14-4-10-20-40(34)83-48)44(70(54-78-36-16-6-7-17-37(36)79-54)47(43)33(27-66)49-68-35-15-5-11-21-41(35)84-49)29-22-24-30(25-23-29)82-87(76,77)52(60,61)50(56,57)51(58,59)85(72,73)69-86(74,75)53(62,63)64/h2-25,69H,1H3/b46-32-,47-33-. The van der Waals surface area contributed by atoms with Gasteiger partial charge in [-0.1, -0.05) is 76.9 Å². The van der Waals surface area contributed by atoms with E-state index in [9.17, 15) is 48.9 Å². The molecule has 6 heterocycles. The van der Waals surface area contributed by atoms with Gasteiger partial charge < -0.3 is 31.8 Å². The van der Waals surface area contributed by atoms with Crippen LogP contribution in [0.2, 0.25) is 0 Å². The molecule has 4 aromatic heterocycles. The average molecular weight is 1290 g/mol. The summed E-state index contributed by atoms with van der Waals surface area (Å²) >= 11 is 2.21. The number of alkyl halides is 9. The van der Waals surface area contributed by atoms with Gasteiger partial charge in [-0.3, -0.25) is 0 Å². The molecule has 0 amide bonds. The highest BCUT2D eigenvalue weighted by atomic mass is 32.3. The smallest absolute Gasteiger partial charge is 0.503 e. The van der Waals surface area contributed by atoms with Crippen LogP contribution in [0.15, 0.2) is 146 Å². The molecule has 12 rings (SSSR count). The van der Waals surface area contributed by atoms with Crippen LogP contribution >= 0.6 is 22.7 Å². The van der Waals surface area contributed by atoms with Gasteiger partial charge in [0.15, 0.2) is 0 Å². The van der Waals surface area contributed by atoms with E-state index >= 15 is 26.3 Å². The van der Waals surface area contributed by atoms with Crippen molar-refractivity contribution in [3.63, 3.8) is 0 Å². The van der Waals surface area contributed by atoms with Gasteiger partial charge in [0.25, 0.3) is 10.0 Å². The Morgan fingerprint density at radius 1 is 0.552 bits per heavy atom. The van der Waals surface area contributed by atoms with E-state index in [4.69, 9.17) is 28.6 Å². The van der Waals surface area contributed by atoms with Crippen LogP contribution in [-0.4, -0.2) is 80.6 Å². The first kappa shape index (κ1) is 58.3. The summed E-state index contributed by atoms with van der Waals surface area (Å²) in [4.78, 5) is 9.74. The summed E-state index contributed by atoms with van der Waals surface area (Å²) < 4.78 is 238. The third-order valence-corrected chi connectivity index (χ3v) is 20.2. The van der Waals surface area contributed by atoms with Gasteiger partial charge in [0, 0.05) is 16.3 Å². The number of benzene rings is 6. The second-order valence-electron chi connectivity index (χ2n) is 18.8. The number of sulfonamides is 2. The van der Waals surface area contributed by atoms with Crippen LogP contribution in [0.4, 0.5) is 39.5 Å². The molecule has 2 aliphatic rings. The molecule has 0 radical (unpaired) electrons. The third kappa shape index (κ3) is 9.27. The first-order valence-electron chi connectivity index (χ1n) is 24.6. The lowest BCUT2D eigenvalue weighted by Crippen LogP contribution is -2.64. The van der Waals surface area contributed by atoms with Crippen LogP contribution in [-0.2, 0) is 30.2 Å². The molecule has 0 bridgehead atoms. The molecule has 0 saturated heterocycles. The Labute approximate surface area is 492 Å². The summed E-state index contributed by atoms with van der Waals surface area (Å²) in [6.07, 6.45) is 0. The van der Waals surface area contributed by atoms with Crippen molar-refractivity contribution in [3.8, 4) is 63.4 Å². The number of aryl methyl sites for hydroxylation is 1. The van der Waals surface area contributed by atoms with E-state index in [1.165, 1.54) is 4.48 Å². The Morgan fingerprint density at radius 3 is 1.40 bits per heavy atom. The molecule has 0 spiro atoms. The van der Waals surface area contributed by atoms with E-state index in [2.05, 4.69) is 16.3 Å². The molecule has 0 unspecified atom stereocenters. The number of fused-ring (bicyclic) bond motifs is 5. The molecule has 0 aliphatic carbocycles. The maximum atomic E-state index is 15.6. The predicted octanol–water partition coefficient (Wildman–Crippen LogP) is 9.66. The van der Waals surface area contributed by atoms with Crippen molar-refractivity contribution in [1.29, 1.82) is 10.5 Å². The number of hydrogen-bond donors (Lipinski definition) is 1.